The van der Waals surface area contributed by atoms with E-state index in [1.165, 1.54) is 43.9 Å². The largest absolute Gasteiger partial charge is 0.325 e. The predicted octanol–water partition coefficient (Wildman–Crippen LogP) is 4.51. The van der Waals surface area contributed by atoms with Crippen LogP contribution in [0.3, 0.4) is 0 Å². The Labute approximate surface area is 170 Å². The van der Waals surface area contributed by atoms with E-state index in [4.69, 9.17) is 0 Å². The molecule has 4 heteroatoms. The molecule has 0 spiro atoms. The molecule has 2 N–H and O–H groups in total. The molecule has 6 rings (SSSR count). The molecule has 1 heterocycles. The van der Waals surface area contributed by atoms with Crippen LogP contribution in [-0.2, 0) is 0 Å². The molecule has 1 aromatic heterocycles. The van der Waals surface area contributed by atoms with Crippen LogP contribution >= 0.6 is 0 Å². The minimum absolute atomic E-state index is 0.227. The zero-order chi connectivity index (χ0) is 20.2. The van der Waals surface area contributed by atoms with E-state index in [0.29, 0.717) is 0 Å². The lowest BCUT2D eigenvalue weighted by Crippen LogP contribution is -2.23. The monoisotopic (exact) mass is 386 g/mol. The number of hydrogen-bond acceptors (Lipinski definition) is 2. The van der Waals surface area contributed by atoms with Crippen LogP contribution in [0.15, 0.2) is 82.5 Å². The zero-order valence-electron chi connectivity index (χ0n) is 15.7. The number of rotatable bonds is 0. The summed E-state index contributed by atoms with van der Waals surface area (Å²) >= 11 is 0. The first-order valence-corrected chi connectivity index (χ1v) is 9.63. The third kappa shape index (κ3) is 2.30. The van der Waals surface area contributed by atoms with E-state index in [0.717, 1.165) is 10.9 Å². The minimum atomic E-state index is -0.542. The van der Waals surface area contributed by atoms with Crippen LogP contribution in [0, 0.1) is 11.8 Å². The molecule has 4 nitrogen and oxygen atoms in total. The molecule has 0 atom stereocenters. The van der Waals surface area contributed by atoms with Crippen LogP contribution in [-0.4, -0.2) is 9.97 Å². The summed E-state index contributed by atoms with van der Waals surface area (Å²) in [7, 11) is 0. The van der Waals surface area contributed by atoms with Gasteiger partial charge in [0.25, 0.3) is 5.56 Å². The smallest absolute Gasteiger partial charge is 0.313 e. The first-order valence-electron chi connectivity index (χ1n) is 9.63. The van der Waals surface area contributed by atoms with Gasteiger partial charge >= 0.3 is 5.69 Å². The molecular formula is C26H14N2O2. The molecular weight excluding hydrogens is 372 g/mol. The maximum atomic E-state index is 12.0. The average molecular weight is 386 g/mol. The predicted molar refractivity (Wildman–Crippen MR) is 121 cm³/mol. The highest BCUT2D eigenvalue weighted by atomic mass is 16.2. The number of aromatic nitrogens is 2. The fourth-order valence-corrected chi connectivity index (χ4v) is 4.39. The summed E-state index contributed by atoms with van der Waals surface area (Å²) in [6.45, 7) is 0. The molecule has 0 aliphatic rings. The Hall–Kier alpha value is -4.36. The maximum Gasteiger partial charge on any atom is 0.325 e. The third-order valence-corrected chi connectivity index (χ3v) is 5.68. The van der Waals surface area contributed by atoms with Crippen molar-refractivity contribution < 1.29 is 0 Å². The summed E-state index contributed by atoms with van der Waals surface area (Å²) in [4.78, 5) is 27.8. The SMILES string of the molecule is O=c1[nH]cc(C#Cc2ccc3c4cccc5cccc(c6cccc2c63)c54)c(=O)[nH]1. The van der Waals surface area contributed by atoms with Gasteiger partial charge in [0.1, 0.15) is 5.56 Å². The van der Waals surface area contributed by atoms with E-state index >= 15 is 0 Å². The molecule has 0 unspecified atom stereocenters. The van der Waals surface area contributed by atoms with Gasteiger partial charge in [-0.25, -0.2) is 4.79 Å². The van der Waals surface area contributed by atoms with Crippen LogP contribution in [0.1, 0.15) is 11.1 Å². The second-order valence-corrected chi connectivity index (χ2v) is 7.33. The Balaban J connectivity index is 1.71. The van der Waals surface area contributed by atoms with Crippen molar-refractivity contribution in [3.05, 3.63) is 105 Å². The number of H-pyrrole nitrogens is 2. The highest BCUT2D eigenvalue weighted by molar-refractivity contribution is 6.33. The highest BCUT2D eigenvalue weighted by Crippen LogP contribution is 2.40. The molecule has 0 saturated heterocycles. The van der Waals surface area contributed by atoms with Gasteiger partial charge in [0.2, 0.25) is 0 Å². The van der Waals surface area contributed by atoms with Crippen LogP contribution in [0.2, 0.25) is 0 Å². The van der Waals surface area contributed by atoms with Crippen LogP contribution in [0.4, 0.5) is 0 Å². The lowest BCUT2D eigenvalue weighted by molar-refractivity contribution is 1.03. The van der Waals surface area contributed by atoms with Gasteiger partial charge in [-0.1, -0.05) is 72.5 Å². The van der Waals surface area contributed by atoms with E-state index in [-0.39, 0.29) is 5.56 Å². The fourth-order valence-electron chi connectivity index (χ4n) is 4.39. The lowest BCUT2D eigenvalue weighted by atomic mass is 9.88. The Morgan fingerprint density at radius 3 is 1.93 bits per heavy atom. The number of fused-ring (bicyclic) bond motifs is 2. The summed E-state index contributed by atoms with van der Waals surface area (Å²) in [6.07, 6.45) is 1.34. The first-order chi connectivity index (χ1) is 14.7. The van der Waals surface area contributed by atoms with Gasteiger partial charge in [-0.15, -0.1) is 0 Å². The quantitative estimate of drug-likeness (QED) is 0.229. The fraction of sp³-hybridized carbons (Fsp3) is 0. The van der Waals surface area contributed by atoms with Crippen LogP contribution in [0.25, 0.3) is 43.1 Å². The van der Waals surface area contributed by atoms with Gasteiger partial charge in [-0.05, 0) is 49.2 Å². The standard InChI is InChI=1S/C26H14N2O2/c29-25-17(14-27-26(30)28-25)11-10-15-12-13-22-20-8-2-5-16-4-1-7-19(23(16)20)21-9-3-6-18(15)24(21)22/h1-9,12-14H,(H2,27,28,29,30). The van der Waals surface area contributed by atoms with Crippen molar-refractivity contribution >= 4 is 43.1 Å². The van der Waals surface area contributed by atoms with Crippen molar-refractivity contribution in [3.8, 4) is 11.8 Å². The van der Waals surface area contributed by atoms with Crippen molar-refractivity contribution in [2.24, 2.45) is 0 Å². The molecule has 0 radical (unpaired) electrons. The second-order valence-electron chi connectivity index (χ2n) is 7.33. The molecule has 0 aliphatic carbocycles. The van der Waals surface area contributed by atoms with Crippen molar-refractivity contribution in [1.82, 2.24) is 9.97 Å². The Morgan fingerprint density at radius 2 is 1.20 bits per heavy atom. The molecule has 5 aromatic carbocycles. The number of aromatic amines is 2. The number of benzene rings is 5. The number of nitrogens with one attached hydrogen (secondary N) is 2. The molecule has 0 aliphatic heterocycles. The Bertz CT molecular complexity index is 1750. The minimum Gasteiger partial charge on any atom is -0.313 e. The van der Waals surface area contributed by atoms with Crippen LogP contribution < -0.4 is 11.2 Å². The molecule has 140 valence electrons. The van der Waals surface area contributed by atoms with Gasteiger partial charge in [0.15, 0.2) is 0 Å². The van der Waals surface area contributed by atoms with E-state index in [2.05, 4.69) is 76.4 Å². The summed E-state index contributed by atoms with van der Waals surface area (Å²) < 4.78 is 0. The van der Waals surface area contributed by atoms with Gasteiger partial charge in [0.05, 0.1) is 0 Å². The molecule has 0 bridgehead atoms. The van der Waals surface area contributed by atoms with E-state index in [1.807, 2.05) is 12.1 Å². The zero-order valence-corrected chi connectivity index (χ0v) is 15.7. The van der Waals surface area contributed by atoms with Crippen molar-refractivity contribution in [2.75, 3.05) is 0 Å². The molecule has 0 saturated carbocycles. The summed E-state index contributed by atoms with van der Waals surface area (Å²) in [5.74, 6) is 6.02. The van der Waals surface area contributed by atoms with E-state index in [9.17, 15) is 9.59 Å². The molecule has 0 amide bonds. The molecule has 0 fully saturated rings. The van der Waals surface area contributed by atoms with Crippen molar-refractivity contribution in [3.63, 3.8) is 0 Å². The van der Waals surface area contributed by atoms with Gasteiger partial charge < -0.3 is 4.98 Å². The van der Waals surface area contributed by atoms with Gasteiger partial charge in [-0.2, -0.15) is 0 Å². The van der Waals surface area contributed by atoms with Crippen LogP contribution in [0.5, 0.6) is 0 Å². The number of hydrogen-bond donors (Lipinski definition) is 2. The maximum absolute atomic E-state index is 12.0. The summed E-state index contributed by atoms with van der Waals surface area (Å²) in [6, 6.07) is 23.2. The van der Waals surface area contributed by atoms with Crippen molar-refractivity contribution in [2.45, 2.75) is 0 Å². The first kappa shape index (κ1) is 16.6. The van der Waals surface area contributed by atoms with Gasteiger partial charge in [-0.3, -0.25) is 9.78 Å². The summed E-state index contributed by atoms with van der Waals surface area (Å²) in [5.41, 5.74) is 0.0347. The Kier molecular flexibility index (Phi) is 3.35. The van der Waals surface area contributed by atoms with E-state index < -0.39 is 11.2 Å². The third-order valence-electron chi connectivity index (χ3n) is 5.68. The molecule has 6 aromatic rings. The summed E-state index contributed by atoms with van der Waals surface area (Å²) in [5, 5.41) is 9.56. The highest BCUT2D eigenvalue weighted by Gasteiger charge is 2.13. The topological polar surface area (TPSA) is 65.7 Å². The van der Waals surface area contributed by atoms with E-state index in [1.54, 1.807) is 0 Å². The lowest BCUT2D eigenvalue weighted by Gasteiger charge is -2.14. The second kappa shape index (κ2) is 6.07. The molecule has 30 heavy (non-hydrogen) atoms. The Morgan fingerprint density at radius 1 is 0.600 bits per heavy atom. The van der Waals surface area contributed by atoms with Crippen molar-refractivity contribution in [1.29, 1.82) is 0 Å². The average Bonchev–Trinajstić information content (AvgIpc) is 2.77. The normalized spacial score (nSPS) is 11.3. The van der Waals surface area contributed by atoms with Gasteiger partial charge in [0, 0.05) is 11.8 Å².